The molecule has 30 heavy (non-hydrogen) atoms. The van der Waals surface area contributed by atoms with Gasteiger partial charge < -0.3 is 4.90 Å². The Balaban J connectivity index is 1.75. The highest BCUT2D eigenvalue weighted by Gasteiger charge is 2.41. The molecule has 0 aliphatic carbocycles. The van der Waals surface area contributed by atoms with Crippen molar-refractivity contribution in [1.82, 2.24) is 14.9 Å². The van der Waals surface area contributed by atoms with Crippen LogP contribution < -0.4 is 4.90 Å². The monoisotopic (exact) mass is 440 g/mol. The molecular weight excluding hydrogens is 421 g/mol. The minimum absolute atomic E-state index is 0.0248. The Morgan fingerprint density at radius 1 is 1.27 bits per heavy atom. The first-order chi connectivity index (χ1) is 14.1. The van der Waals surface area contributed by atoms with E-state index in [1.807, 2.05) is 13.8 Å². The number of rotatable bonds is 6. The highest BCUT2D eigenvalue weighted by molar-refractivity contribution is 6.30. The molecule has 1 fully saturated rings. The van der Waals surface area contributed by atoms with Crippen LogP contribution >= 0.6 is 11.6 Å². The third-order valence-corrected chi connectivity index (χ3v) is 5.10. The molecule has 1 saturated heterocycles. The van der Waals surface area contributed by atoms with E-state index >= 15 is 0 Å². The summed E-state index contributed by atoms with van der Waals surface area (Å²) in [5.74, 6) is -0.172. The van der Waals surface area contributed by atoms with E-state index in [-0.39, 0.29) is 42.9 Å². The molecule has 3 rings (SSSR count). The number of nitrogens with zero attached hydrogens (tertiary/aromatic N) is 4. The highest BCUT2D eigenvalue weighted by Crippen LogP contribution is 2.31. The summed E-state index contributed by atoms with van der Waals surface area (Å²) in [6.45, 7) is 3.97. The Kier molecular flexibility index (Phi) is 6.30. The highest BCUT2D eigenvalue weighted by atomic mass is 35.5. The second kappa shape index (κ2) is 8.59. The van der Waals surface area contributed by atoms with E-state index in [1.54, 1.807) is 12.1 Å². The van der Waals surface area contributed by atoms with Crippen molar-refractivity contribution in [2.75, 3.05) is 18.0 Å². The van der Waals surface area contributed by atoms with Gasteiger partial charge in [-0.05, 0) is 30.2 Å². The molecule has 160 valence electrons. The molecule has 0 N–H and O–H groups in total. The van der Waals surface area contributed by atoms with Crippen molar-refractivity contribution in [2.24, 2.45) is 5.92 Å². The van der Waals surface area contributed by atoms with Crippen LogP contribution in [0.2, 0.25) is 5.02 Å². The van der Waals surface area contributed by atoms with E-state index in [9.17, 15) is 22.8 Å². The summed E-state index contributed by atoms with van der Waals surface area (Å²) >= 11 is 5.91. The quantitative estimate of drug-likeness (QED) is 0.674. The zero-order valence-corrected chi connectivity index (χ0v) is 17.1. The number of hydrogen-bond acceptors (Lipinski definition) is 4. The standard InChI is InChI=1S/C20H20ClF3N4O2/c1-12(2)17-11-27(15-3-4-18(26-9-15)20(22,23)24)19(30)28(17)10-16(29)8-14-7-13(21)5-6-25-14/h3-7,9,12,17H,8,10-11H2,1-2H3/t17-/m1/s1. The molecule has 3 heterocycles. The van der Waals surface area contributed by atoms with E-state index < -0.39 is 17.9 Å². The van der Waals surface area contributed by atoms with Crippen molar-refractivity contribution in [2.45, 2.75) is 32.5 Å². The molecule has 0 unspecified atom stereocenters. The molecule has 2 aromatic heterocycles. The van der Waals surface area contributed by atoms with Gasteiger partial charge in [0.25, 0.3) is 0 Å². The van der Waals surface area contributed by atoms with Crippen molar-refractivity contribution in [3.8, 4) is 0 Å². The summed E-state index contributed by atoms with van der Waals surface area (Å²) in [7, 11) is 0. The number of hydrogen-bond donors (Lipinski definition) is 0. The van der Waals surface area contributed by atoms with Crippen LogP contribution in [-0.2, 0) is 17.4 Å². The van der Waals surface area contributed by atoms with Crippen LogP contribution in [0.4, 0.5) is 23.7 Å². The number of anilines is 1. The number of Topliss-reactive ketones (excluding diaryl/α,β-unsaturated/α-hetero) is 1. The average molecular weight is 441 g/mol. The van der Waals surface area contributed by atoms with Crippen LogP contribution in [0.3, 0.4) is 0 Å². The molecule has 0 aromatic carbocycles. The predicted molar refractivity (Wildman–Crippen MR) is 105 cm³/mol. The lowest BCUT2D eigenvalue weighted by Gasteiger charge is -2.25. The van der Waals surface area contributed by atoms with Gasteiger partial charge in [-0.3, -0.25) is 14.7 Å². The molecule has 1 aliphatic heterocycles. The maximum absolute atomic E-state index is 13.0. The van der Waals surface area contributed by atoms with E-state index in [2.05, 4.69) is 9.97 Å². The second-order valence-corrected chi connectivity index (χ2v) is 7.85. The van der Waals surface area contributed by atoms with Gasteiger partial charge >= 0.3 is 12.2 Å². The summed E-state index contributed by atoms with van der Waals surface area (Å²) in [5, 5.41) is 0.464. The van der Waals surface area contributed by atoms with Crippen molar-refractivity contribution in [1.29, 1.82) is 0 Å². The number of alkyl halides is 3. The fourth-order valence-electron chi connectivity index (χ4n) is 3.34. The number of pyridine rings is 2. The molecule has 0 radical (unpaired) electrons. The van der Waals surface area contributed by atoms with Gasteiger partial charge in [0.15, 0.2) is 5.78 Å². The lowest BCUT2D eigenvalue weighted by Crippen LogP contribution is -2.41. The number of aromatic nitrogens is 2. The average Bonchev–Trinajstić information content (AvgIpc) is 2.98. The third-order valence-electron chi connectivity index (χ3n) is 4.87. The van der Waals surface area contributed by atoms with Gasteiger partial charge in [-0.1, -0.05) is 25.4 Å². The Labute approximate surface area is 176 Å². The van der Waals surface area contributed by atoms with Gasteiger partial charge in [0, 0.05) is 23.5 Å². The Bertz CT molecular complexity index is 934. The zero-order chi connectivity index (χ0) is 22.1. The molecular formula is C20H20ClF3N4O2. The van der Waals surface area contributed by atoms with Crippen molar-refractivity contribution < 1.29 is 22.8 Å². The van der Waals surface area contributed by atoms with Crippen LogP contribution in [0.5, 0.6) is 0 Å². The SMILES string of the molecule is CC(C)[C@H]1CN(c2ccc(C(F)(F)F)nc2)C(=O)N1CC(=O)Cc1cc(Cl)ccn1. The van der Waals surface area contributed by atoms with Gasteiger partial charge in [0.2, 0.25) is 0 Å². The summed E-state index contributed by atoms with van der Waals surface area (Å²) in [6, 6.07) is 4.53. The number of halogens is 4. The first-order valence-electron chi connectivity index (χ1n) is 9.29. The van der Waals surface area contributed by atoms with E-state index in [0.29, 0.717) is 10.7 Å². The maximum atomic E-state index is 13.0. The predicted octanol–water partition coefficient (Wildman–Crippen LogP) is 4.23. The summed E-state index contributed by atoms with van der Waals surface area (Å²) in [4.78, 5) is 35.8. The Morgan fingerprint density at radius 3 is 2.57 bits per heavy atom. The molecule has 0 saturated carbocycles. The topological polar surface area (TPSA) is 66.4 Å². The third kappa shape index (κ3) is 4.89. The fraction of sp³-hybridized carbons (Fsp3) is 0.400. The minimum atomic E-state index is -4.55. The van der Waals surface area contributed by atoms with Gasteiger partial charge in [0.05, 0.1) is 30.9 Å². The summed E-state index contributed by atoms with van der Waals surface area (Å²) in [5.41, 5.74) is -0.270. The molecule has 6 nitrogen and oxygen atoms in total. The van der Waals surface area contributed by atoms with Gasteiger partial charge in [-0.25, -0.2) is 9.78 Å². The van der Waals surface area contributed by atoms with Crippen molar-refractivity contribution in [3.63, 3.8) is 0 Å². The second-order valence-electron chi connectivity index (χ2n) is 7.41. The molecule has 2 amide bonds. The Morgan fingerprint density at radius 2 is 2.00 bits per heavy atom. The van der Waals surface area contributed by atoms with Gasteiger partial charge in [0.1, 0.15) is 5.69 Å². The summed E-state index contributed by atoms with van der Waals surface area (Å²) < 4.78 is 38.2. The fourth-order valence-corrected chi connectivity index (χ4v) is 3.52. The Hall–Kier alpha value is -2.68. The lowest BCUT2D eigenvalue weighted by molar-refractivity contribution is -0.141. The van der Waals surface area contributed by atoms with Crippen LogP contribution in [0.15, 0.2) is 36.7 Å². The lowest BCUT2D eigenvalue weighted by atomic mass is 10.0. The maximum Gasteiger partial charge on any atom is 0.433 e. The van der Waals surface area contributed by atoms with E-state index in [4.69, 9.17) is 11.6 Å². The number of carbonyl (C=O) groups excluding carboxylic acids is 2. The molecule has 1 aliphatic rings. The molecule has 2 aromatic rings. The van der Waals surface area contributed by atoms with Crippen molar-refractivity contribution in [3.05, 3.63) is 53.1 Å². The normalized spacial score (nSPS) is 17.2. The molecule has 0 bridgehead atoms. The number of carbonyl (C=O) groups is 2. The van der Waals surface area contributed by atoms with E-state index in [1.165, 1.54) is 22.1 Å². The van der Waals surface area contributed by atoms with Crippen LogP contribution in [0, 0.1) is 5.92 Å². The first-order valence-corrected chi connectivity index (χ1v) is 9.67. The number of amides is 2. The van der Waals surface area contributed by atoms with Gasteiger partial charge in [-0.2, -0.15) is 13.2 Å². The van der Waals surface area contributed by atoms with Crippen LogP contribution in [0.25, 0.3) is 0 Å². The molecule has 0 spiro atoms. The zero-order valence-electron chi connectivity index (χ0n) is 16.4. The first kappa shape index (κ1) is 22.0. The largest absolute Gasteiger partial charge is 0.433 e. The van der Waals surface area contributed by atoms with Crippen LogP contribution in [-0.4, -0.2) is 45.8 Å². The van der Waals surface area contributed by atoms with Gasteiger partial charge in [-0.15, -0.1) is 0 Å². The smallest absolute Gasteiger partial charge is 0.312 e. The number of ketones is 1. The van der Waals surface area contributed by atoms with E-state index in [0.717, 1.165) is 12.3 Å². The number of urea groups is 1. The minimum Gasteiger partial charge on any atom is -0.312 e. The van der Waals surface area contributed by atoms with Crippen LogP contribution in [0.1, 0.15) is 25.2 Å². The molecule has 10 heteroatoms. The summed E-state index contributed by atoms with van der Waals surface area (Å²) in [6.07, 6.45) is -2.00. The molecule has 1 atom stereocenters. The van der Waals surface area contributed by atoms with Crippen molar-refractivity contribution >= 4 is 29.1 Å².